The highest BCUT2D eigenvalue weighted by Crippen LogP contribution is 2.33. The Bertz CT molecular complexity index is 542. The Morgan fingerprint density at radius 1 is 1.41 bits per heavy atom. The maximum atomic E-state index is 12.6. The first kappa shape index (κ1) is 19.7. The number of nitrogens with zero attached hydrogens (tertiary/aromatic N) is 1. The molecule has 1 aromatic heterocycles. The summed E-state index contributed by atoms with van der Waals surface area (Å²) in [5.41, 5.74) is 5.43. The van der Waals surface area contributed by atoms with Gasteiger partial charge in [0.2, 0.25) is 0 Å². The van der Waals surface area contributed by atoms with Crippen LogP contribution >= 0.6 is 23.7 Å². The second kappa shape index (κ2) is 9.05. The largest absolute Gasteiger partial charge is 0.494 e. The van der Waals surface area contributed by atoms with Crippen LogP contribution in [0.4, 0.5) is 0 Å². The third-order valence-corrected chi connectivity index (χ3v) is 6.82. The second-order valence-electron chi connectivity index (χ2n) is 4.89. The highest BCUT2D eigenvalue weighted by molar-refractivity contribution is 7.91. The van der Waals surface area contributed by atoms with Gasteiger partial charge in [-0.25, -0.2) is 8.42 Å². The van der Waals surface area contributed by atoms with Gasteiger partial charge in [0.15, 0.2) is 4.21 Å². The maximum Gasteiger partial charge on any atom is 0.256 e. The molecule has 0 bridgehead atoms. The molecular weight excluding hydrogens is 348 g/mol. The van der Waals surface area contributed by atoms with Crippen LogP contribution in [0.2, 0.25) is 0 Å². The van der Waals surface area contributed by atoms with Crippen molar-refractivity contribution in [1.29, 1.82) is 0 Å². The molecule has 0 amide bonds. The zero-order valence-corrected chi connectivity index (χ0v) is 15.0. The summed E-state index contributed by atoms with van der Waals surface area (Å²) >= 11 is 1.19. The SMILES string of the molecule is COc1ccsc1S(=O)(=O)N1CCC(OCCCN)CC1.Cl. The van der Waals surface area contributed by atoms with Crippen molar-refractivity contribution < 1.29 is 17.9 Å². The molecule has 1 fully saturated rings. The van der Waals surface area contributed by atoms with Crippen LogP contribution in [0.15, 0.2) is 15.7 Å². The Morgan fingerprint density at radius 3 is 2.68 bits per heavy atom. The van der Waals surface area contributed by atoms with E-state index in [2.05, 4.69) is 0 Å². The highest BCUT2D eigenvalue weighted by atomic mass is 35.5. The average Bonchev–Trinajstić information content (AvgIpc) is 2.97. The quantitative estimate of drug-likeness (QED) is 0.738. The van der Waals surface area contributed by atoms with Crippen LogP contribution in [-0.2, 0) is 14.8 Å². The predicted octanol–water partition coefficient (Wildman–Crippen LogP) is 1.70. The van der Waals surface area contributed by atoms with Crippen molar-refractivity contribution in [1.82, 2.24) is 4.31 Å². The zero-order valence-electron chi connectivity index (χ0n) is 12.6. The van der Waals surface area contributed by atoms with E-state index in [0.29, 0.717) is 32.0 Å². The first-order valence-corrected chi connectivity index (χ1v) is 9.35. The van der Waals surface area contributed by atoms with Gasteiger partial charge in [0, 0.05) is 19.7 Å². The Balaban J connectivity index is 0.00000242. The van der Waals surface area contributed by atoms with Crippen LogP contribution in [0.25, 0.3) is 0 Å². The smallest absolute Gasteiger partial charge is 0.256 e. The molecule has 0 aromatic carbocycles. The molecular formula is C13H23ClN2O4S2. The molecule has 128 valence electrons. The first-order chi connectivity index (χ1) is 10.1. The lowest BCUT2D eigenvalue weighted by molar-refractivity contribution is 0.0209. The van der Waals surface area contributed by atoms with Gasteiger partial charge in [0.05, 0.1) is 13.2 Å². The molecule has 2 heterocycles. The standard InChI is InChI=1S/C13H22N2O4S2.ClH/c1-18-12-5-10-20-13(12)21(16,17)15-7-3-11(4-8-15)19-9-2-6-14;/h5,10-11H,2-4,6-9,14H2,1H3;1H. The highest BCUT2D eigenvalue weighted by Gasteiger charge is 2.32. The monoisotopic (exact) mass is 370 g/mol. The lowest BCUT2D eigenvalue weighted by Crippen LogP contribution is -2.40. The topological polar surface area (TPSA) is 81.9 Å². The maximum absolute atomic E-state index is 12.6. The van der Waals surface area contributed by atoms with E-state index in [9.17, 15) is 8.42 Å². The van der Waals surface area contributed by atoms with Crippen molar-refractivity contribution >= 4 is 33.8 Å². The number of hydrogen-bond acceptors (Lipinski definition) is 6. The normalized spacial score (nSPS) is 17.2. The summed E-state index contributed by atoms with van der Waals surface area (Å²) in [4.78, 5) is 0. The van der Waals surface area contributed by atoms with E-state index < -0.39 is 10.0 Å². The molecule has 2 rings (SSSR count). The number of rotatable bonds is 7. The molecule has 0 saturated carbocycles. The molecule has 0 spiro atoms. The lowest BCUT2D eigenvalue weighted by Gasteiger charge is -2.30. The van der Waals surface area contributed by atoms with E-state index in [1.807, 2.05) is 0 Å². The minimum Gasteiger partial charge on any atom is -0.494 e. The molecule has 1 aliphatic heterocycles. The van der Waals surface area contributed by atoms with Gasteiger partial charge in [-0.05, 0) is 37.3 Å². The fourth-order valence-electron chi connectivity index (χ4n) is 2.31. The summed E-state index contributed by atoms with van der Waals surface area (Å²) < 4.78 is 37.8. The van der Waals surface area contributed by atoms with E-state index in [4.69, 9.17) is 15.2 Å². The van der Waals surface area contributed by atoms with Crippen molar-refractivity contribution in [3.05, 3.63) is 11.4 Å². The van der Waals surface area contributed by atoms with Crippen molar-refractivity contribution in [2.45, 2.75) is 29.6 Å². The summed E-state index contributed by atoms with van der Waals surface area (Å²) in [6.45, 7) is 2.23. The van der Waals surface area contributed by atoms with E-state index in [-0.39, 0.29) is 22.7 Å². The van der Waals surface area contributed by atoms with Gasteiger partial charge in [-0.3, -0.25) is 0 Å². The third-order valence-electron chi connectivity index (χ3n) is 3.49. The zero-order chi connectivity index (χ0) is 15.3. The van der Waals surface area contributed by atoms with E-state index >= 15 is 0 Å². The molecule has 0 unspecified atom stereocenters. The number of methoxy groups -OCH3 is 1. The molecule has 1 aliphatic rings. The average molecular weight is 371 g/mol. The molecule has 22 heavy (non-hydrogen) atoms. The molecule has 2 N–H and O–H groups in total. The van der Waals surface area contributed by atoms with Crippen molar-refractivity contribution in [3.63, 3.8) is 0 Å². The van der Waals surface area contributed by atoms with Gasteiger partial charge in [-0.2, -0.15) is 4.31 Å². The van der Waals surface area contributed by atoms with Crippen molar-refractivity contribution in [2.75, 3.05) is 33.4 Å². The summed E-state index contributed by atoms with van der Waals surface area (Å²) in [5, 5.41) is 1.73. The van der Waals surface area contributed by atoms with Crippen LogP contribution < -0.4 is 10.5 Å². The molecule has 6 nitrogen and oxygen atoms in total. The van der Waals surface area contributed by atoms with Gasteiger partial charge in [-0.1, -0.05) is 0 Å². The Kier molecular flexibility index (Phi) is 8.09. The molecule has 0 radical (unpaired) electrons. The predicted molar refractivity (Wildman–Crippen MR) is 89.5 cm³/mol. The molecule has 0 aliphatic carbocycles. The van der Waals surface area contributed by atoms with Gasteiger partial charge in [0.25, 0.3) is 10.0 Å². The summed E-state index contributed by atoms with van der Waals surface area (Å²) in [5.74, 6) is 0.418. The molecule has 0 atom stereocenters. The van der Waals surface area contributed by atoms with Crippen LogP contribution in [0, 0.1) is 0 Å². The van der Waals surface area contributed by atoms with Gasteiger partial charge < -0.3 is 15.2 Å². The summed E-state index contributed by atoms with van der Waals surface area (Å²) in [7, 11) is -1.97. The van der Waals surface area contributed by atoms with E-state index in [1.54, 1.807) is 11.4 Å². The van der Waals surface area contributed by atoms with Crippen LogP contribution in [0.3, 0.4) is 0 Å². The Morgan fingerprint density at radius 2 is 2.09 bits per heavy atom. The van der Waals surface area contributed by atoms with Crippen molar-refractivity contribution in [3.8, 4) is 5.75 Å². The number of halogens is 1. The molecule has 1 saturated heterocycles. The van der Waals surface area contributed by atoms with Crippen molar-refractivity contribution in [2.24, 2.45) is 5.73 Å². The Hall–Kier alpha value is -0.380. The summed E-state index contributed by atoms with van der Waals surface area (Å²) in [6.07, 6.45) is 2.41. The second-order valence-corrected chi connectivity index (χ2v) is 7.94. The van der Waals surface area contributed by atoms with Gasteiger partial charge in [-0.15, -0.1) is 23.7 Å². The van der Waals surface area contributed by atoms with Crippen LogP contribution in [-0.4, -0.2) is 52.2 Å². The number of thiophene rings is 1. The van der Waals surface area contributed by atoms with Crippen LogP contribution in [0.1, 0.15) is 19.3 Å². The fraction of sp³-hybridized carbons (Fsp3) is 0.692. The first-order valence-electron chi connectivity index (χ1n) is 7.03. The van der Waals surface area contributed by atoms with E-state index in [0.717, 1.165) is 19.3 Å². The Labute approximate surface area is 142 Å². The van der Waals surface area contributed by atoms with Crippen LogP contribution in [0.5, 0.6) is 5.75 Å². The number of piperidine rings is 1. The molecule has 9 heteroatoms. The minimum absolute atomic E-state index is 0. The third kappa shape index (κ3) is 4.56. The van der Waals surface area contributed by atoms with Gasteiger partial charge in [0.1, 0.15) is 5.75 Å². The molecule has 1 aromatic rings. The number of ether oxygens (including phenoxy) is 2. The van der Waals surface area contributed by atoms with Gasteiger partial charge >= 0.3 is 0 Å². The number of sulfonamides is 1. The lowest BCUT2D eigenvalue weighted by atomic mass is 10.1. The summed E-state index contributed by atoms with van der Waals surface area (Å²) in [6, 6.07) is 1.68. The van der Waals surface area contributed by atoms with E-state index in [1.165, 1.54) is 22.8 Å². The fourth-order valence-corrected chi connectivity index (χ4v) is 5.20. The number of hydrogen-bond donors (Lipinski definition) is 1. The minimum atomic E-state index is -3.46. The number of nitrogens with two attached hydrogens (primary N) is 1.